The summed E-state index contributed by atoms with van der Waals surface area (Å²) in [5.74, 6) is -2.47. The van der Waals surface area contributed by atoms with Crippen LogP contribution in [0.15, 0.2) is 33.6 Å². The highest BCUT2D eigenvalue weighted by Crippen LogP contribution is 2.26. The Hall–Kier alpha value is -3.30. The van der Waals surface area contributed by atoms with Gasteiger partial charge in [-0.15, -0.1) is 5.10 Å². The number of nitrogens with zero attached hydrogens (tertiary/aromatic N) is 4. The van der Waals surface area contributed by atoms with E-state index in [0.717, 1.165) is 23.2 Å². The van der Waals surface area contributed by atoms with Gasteiger partial charge in [0.05, 0.1) is 5.92 Å². The number of likely N-dealkylation sites (tertiary alicyclic amines) is 1. The van der Waals surface area contributed by atoms with E-state index in [-0.39, 0.29) is 29.1 Å². The van der Waals surface area contributed by atoms with Gasteiger partial charge in [0.15, 0.2) is 17.3 Å². The smallest absolute Gasteiger partial charge is 0.392 e. The summed E-state index contributed by atoms with van der Waals surface area (Å²) in [6.45, 7) is 2.47. The molecule has 3 aromatic rings. The fourth-order valence-corrected chi connectivity index (χ4v) is 3.42. The topological polar surface area (TPSA) is 97.0 Å². The Balaban J connectivity index is 1.60. The van der Waals surface area contributed by atoms with Gasteiger partial charge in [-0.25, -0.2) is 23.4 Å². The molecular formula is C18H17F2N5O3. The Labute approximate surface area is 157 Å². The van der Waals surface area contributed by atoms with Crippen molar-refractivity contribution in [3.8, 4) is 5.69 Å². The first-order valence-corrected chi connectivity index (χ1v) is 8.79. The van der Waals surface area contributed by atoms with Gasteiger partial charge in [-0.3, -0.25) is 4.79 Å². The Morgan fingerprint density at radius 3 is 2.75 bits per heavy atom. The summed E-state index contributed by atoms with van der Waals surface area (Å²) in [7, 11) is 0. The van der Waals surface area contributed by atoms with Crippen LogP contribution < -0.4 is 5.76 Å². The number of hydrogen-bond donors (Lipinski definition) is 1. The molecule has 3 heterocycles. The van der Waals surface area contributed by atoms with Crippen molar-refractivity contribution in [3.05, 3.63) is 63.7 Å². The first kappa shape index (κ1) is 18.1. The van der Waals surface area contributed by atoms with Gasteiger partial charge in [0.25, 0.3) is 5.91 Å². The molecule has 10 heteroatoms. The maximum atomic E-state index is 14.0. The van der Waals surface area contributed by atoms with Crippen molar-refractivity contribution in [2.75, 3.05) is 13.1 Å². The summed E-state index contributed by atoms with van der Waals surface area (Å²) in [4.78, 5) is 25.7. The minimum atomic E-state index is -0.770. The lowest BCUT2D eigenvalue weighted by Crippen LogP contribution is -2.39. The zero-order valence-corrected chi connectivity index (χ0v) is 15.0. The fourth-order valence-electron chi connectivity index (χ4n) is 3.42. The second-order valence-corrected chi connectivity index (χ2v) is 6.72. The third-order valence-electron chi connectivity index (χ3n) is 4.78. The van der Waals surface area contributed by atoms with E-state index in [1.807, 2.05) is 0 Å². The Morgan fingerprint density at radius 2 is 2.07 bits per heavy atom. The summed E-state index contributed by atoms with van der Waals surface area (Å²) in [6, 6.07) is 3.52. The van der Waals surface area contributed by atoms with Crippen LogP contribution in [0.5, 0.6) is 0 Å². The van der Waals surface area contributed by atoms with Crippen LogP contribution in [0.25, 0.3) is 5.69 Å². The van der Waals surface area contributed by atoms with Crippen LogP contribution >= 0.6 is 0 Å². The summed E-state index contributed by atoms with van der Waals surface area (Å²) in [5, 5.41) is 10.2. The molecule has 0 spiro atoms. The second-order valence-electron chi connectivity index (χ2n) is 6.72. The number of piperidine rings is 1. The highest BCUT2D eigenvalue weighted by Gasteiger charge is 2.30. The van der Waals surface area contributed by atoms with Crippen molar-refractivity contribution in [2.45, 2.75) is 25.7 Å². The molecule has 1 saturated heterocycles. The summed E-state index contributed by atoms with van der Waals surface area (Å²) < 4.78 is 34.1. The molecule has 4 rings (SSSR count). The van der Waals surface area contributed by atoms with Gasteiger partial charge < -0.3 is 9.32 Å². The minimum Gasteiger partial charge on any atom is -0.392 e. The fraction of sp³-hybridized carbons (Fsp3) is 0.333. The van der Waals surface area contributed by atoms with E-state index in [0.29, 0.717) is 25.1 Å². The Kier molecular flexibility index (Phi) is 4.54. The third kappa shape index (κ3) is 3.21. The first-order chi connectivity index (χ1) is 13.4. The van der Waals surface area contributed by atoms with Crippen LogP contribution in [0.3, 0.4) is 0 Å². The van der Waals surface area contributed by atoms with Crippen molar-refractivity contribution < 1.29 is 18.0 Å². The standard InChI is InChI=1S/C18H17F2N5O3/c1-10-8-25(15-12(19)5-2-6-13(15)20)23-14(10)17(26)24-7-3-4-11(9-24)16-21-22-18(27)28-16/h2,5-6,8,11H,3-4,7,9H2,1H3,(H,22,27). The largest absolute Gasteiger partial charge is 0.434 e. The number of aromatic nitrogens is 4. The normalized spacial score (nSPS) is 17.1. The lowest BCUT2D eigenvalue weighted by molar-refractivity contribution is 0.0690. The molecule has 8 nitrogen and oxygen atoms in total. The third-order valence-corrected chi connectivity index (χ3v) is 4.78. The lowest BCUT2D eigenvalue weighted by atomic mass is 9.97. The van der Waals surface area contributed by atoms with Crippen molar-refractivity contribution in [2.24, 2.45) is 0 Å². The number of H-pyrrole nitrogens is 1. The monoisotopic (exact) mass is 389 g/mol. The van der Waals surface area contributed by atoms with Crippen LogP contribution in [-0.4, -0.2) is 43.9 Å². The molecule has 0 bridgehead atoms. The van der Waals surface area contributed by atoms with Gasteiger partial charge in [0.2, 0.25) is 5.89 Å². The predicted octanol–water partition coefficient (Wildman–Crippen LogP) is 2.16. The molecule has 0 radical (unpaired) electrons. The number of aryl methyl sites for hydroxylation is 1. The van der Waals surface area contributed by atoms with Crippen molar-refractivity contribution >= 4 is 5.91 Å². The van der Waals surface area contributed by atoms with Crippen molar-refractivity contribution in [1.82, 2.24) is 24.9 Å². The van der Waals surface area contributed by atoms with E-state index in [2.05, 4.69) is 15.3 Å². The molecule has 1 aliphatic rings. The summed E-state index contributed by atoms with van der Waals surface area (Å²) in [6.07, 6.45) is 2.85. The molecule has 1 atom stereocenters. The number of benzene rings is 1. The molecule has 1 fully saturated rings. The molecule has 146 valence electrons. The van der Waals surface area contributed by atoms with Gasteiger partial charge in [-0.05, 0) is 31.9 Å². The zero-order valence-electron chi connectivity index (χ0n) is 15.0. The average Bonchev–Trinajstić information content (AvgIpc) is 3.27. The highest BCUT2D eigenvalue weighted by molar-refractivity contribution is 5.93. The molecule has 0 saturated carbocycles. The number of aromatic amines is 1. The average molecular weight is 389 g/mol. The second kappa shape index (κ2) is 7.02. The number of nitrogens with one attached hydrogen (secondary N) is 1. The summed E-state index contributed by atoms with van der Waals surface area (Å²) in [5.41, 5.74) is 0.285. The number of carbonyl (C=O) groups is 1. The minimum absolute atomic E-state index is 0.117. The maximum absolute atomic E-state index is 14.0. The Morgan fingerprint density at radius 1 is 1.32 bits per heavy atom. The van der Waals surface area contributed by atoms with Gasteiger partial charge in [0, 0.05) is 24.8 Å². The molecule has 1 unspecified atom stereocenters. The van der Waals surface area contributed by atoms with E-state index in [1.165, 1.54) is 12.3 Å². The van der Waals surface area contributed by atoms with Crippen LogP contribution in [0.4, 0.5) is 8.78 Å². The molecule has 1 N–H and O–H groups in total. The molecule has 1 aliphatic heterocycles. The van der Waals surface area contributed by atoms with E-state index in [1.54, 1.807) is 11.8 Å². The lowest BCUT2D eigenvalue weighted by Gasteiger charge is -2.30. The predicted molar refractivity (Wildman–Crippen MR) is 93.2 cm³/mol. The molecular weight excluding hydrogens is 372 g/mol. The zero-order chi connectivity index (χ0) is 19.8. The molecule has 0 aliphatic carbocycles. The van der Waals surface area contributed by atoms with E-state index >= 15 is 0 Å². The van der Waals surface area contributed by atoms with Gasteiger partial charge >= 0.3 is 5.76 Å². The van der Waals surface area contributed by atoms with E-state index < -0.39 is 17.4 Å². The number of rotatable bonds is 3. The number of hydrogen-bond acceptors (Lipinski definition) is 5. The number of halogens is 2. The van der Waals surface area contributed by atoms with Gasteiger partial charge in [-0.2, -0.15) is 5.10 Å². The SMILES string of the molecule is Cc1cn(-c2c(F)cccc2F)nc1C(=O)N1CCCC(c2n[nH]c(=O)o2)C1. The number of para-hydroxylation sites is 1. The number of amides is 1. The highest BCUT2D eigenvalue weighted by atomic mass is 19.1. The molecule has 1 amide bonds. The van der Waals surface area contributed by atoms with Crippen molar-refractivity contribution in [1.29, 1.82) is 0 Å². The summed E-state index contributed by atoms with van der Waals surface area (Å²) >= 11 is 0. The number of carbonyl (C=O) groups excluding carboxylic acids is 1. The van der Waals surface area contributed by atoms with Gasteiger partial charge in [0.1, 0.15) is 5.69 Å². The quantitative estimate of drug-likeness (QED) is 0.740. The van der Waals surface area contributed by atoms with Crippen LogP contribution in [0.2, 0.25) is 0 Å². The van der Waals surface area contributed by atoms with Crippen LogP contribution in [0, 0.1) is 18.6 Å². The van der Waals surface area contributed by atoms with Crippen LogP contribution in [-0.2, 0) is 0 Å². The molecule has 28 heavy (non-hydrogen) atoms. The molecule has 1 aromatic carbocycles. The van der Waals surface area contributed by atoms with Crippen molar-refractivity contribution in [3.63, 3.8) is 0 Å². The van der Waals surface area contributed by atoms with E-state index in [4.69, 9.17) is 4.42 Å². The van der Waals surface area contributed by atoms with E-state index in [9.17, 15) is 18.4 Å². The first-order valence-electron chi connectivity index (χ1n) is 8.79. The maximum Gasteiger partial charge on any atom is 0.434 e. The van der Waals surface area contributed by atoms with Crippen LogP contribution in [0.1, 0.15) is 40.7 Å². The Bertz CT molecular complexity index is 1070. The molecule has 2 aromatic heterocycles. The van der Waals surface area contributed by atoms with Gasteiger partial charge in [-0.1, -0.05) is 6.07 Å².